The largest absolute Gasteiger partial charge is 1.00 e. The van der Waals surface area contributed by atoms with Crippen molar-refractivity contribution < 1.29 is 21.7 Å². The zero-order valence-electron chi connectivity index (χ0n) is 13.4. The second-order valence-electron chi connectivity index (χ2n) is 6.03. The molecular weight excluding hydrogens is 296 g/mol. The van der Waals surface area contributed by atoms with Crippen molar-refractivity contribution in [3.05, 3.63) is 58.8 Å². The Labute approximate surface area is 138 Å². The Kier molecular flexibility index (Phi) is 5.43. The van der Waals surface area contributed by atoms with Crippen LogP contribution in [0.4, 0.5) is 0 Å². The number of nitrogens with zero attached hydrogens (tertiary/aromatic N) is 1. The maximum absolute atomic E-state index is 5.82. The number of oxazole rings is 1. The minimum atomic E-state index is 0. The molecule has 2 aromatic rings. The van der Waals surface area contributed by atoms with Crippen LogP contribution < -0.4 is 17.3 Å². The molecule has 0 fully saturated rings. The van der Waals surface area contributed by atoms with Crippen molar-refractivity contribution in [3.63, 3.8) is 0 Å². The number of rotatable bonds is 3. The molecule has 0 atom stereocenters. The molecule has 1 aliphatic rings. The number of nitrogens with one attached hydrogen (secondary N) is 1. The van der Waals surface area contributed by atoms with Crippen LogP contribution in [0.15, 0.2) is 34.8 Å². The summed E-state index contributed by atoms with van der Waals surface area (Å²) in [6.45, 7) is 3.06. The zero-order chi connectivity index (χ0) is 14.8. The summed E-state index contributed by atoms with van der Waals surface area (Å²) in [5.74, 6) is 1.80. The number of aryl methyl sites for hydroxylation is 3. The fourth-order valence-electron chi connectivity index (χ4n) is 2.94. The second kappa shape index (κ2) is 7.12. The van der Waals surface area contributed by atoms with Gasteiger partial charge in [0.05, 0.1) is 20.6 Å². The molecule has 0 bridgehead atoms. The molecule has 0 saturated carbocycles. The van der Waals surface area contributed by atoms with Crippen LogP contribution >= 0.6 is 0 Å². The van der Waals surface area contributed by atoms with E-state index in [1.165, 1.54) is 21.6 Å². The lowest BCUT2D eigenvalue weighted by molar-refractivity contribution is -0.857. The molecule has 1 aromatic heterocycles. The first-order chi connectivity index (χ1) is 10.1. The summed E-state index contributed by atoms with van der Waals surface area (Å²) in [5, 5.41) is 0. The standard InChI is InChI=1S/C18H22N2O.ClH/c1-13-19-18-16(9-6-12-20(2)3)15-8-5-4-7-14(15)10-11-17(18)21-13;/h4-5,7-9H,6,10-12H2,1-3H3;1H/b16-9+;. The fraction of sp³-hybridized carbons (Fsp3) is 0.389. The van der Waals surface area contributed by atoms with Gasteiger partial charge in [-0.25, -0.2) is 4.98 Å². The third-order valence-electron chi connectivity index (χ3n) is 3.98. The highest BCUT2D eigenvalue weighted by atomic mass is 35.5. The van der Waals surface area contributed by atoms with E-state index in [1.54, 1.807) is 0 Å². The molecule has 4 heteroatoms. The van der Waals surface area contributed by atoms with Crippen LogP contribution in [0.2, 0.25) is 0 Å². The van der Waals surface area contributed by atoms with E-state index in [0.29, 0.717) is 0 Å². The fourth-order valence-corrected chi connectivity index (χ4v) is 2.94. The number of hydrogen-bond acceptors (Lipinski definition) is 2. The normalized spacial score (nSPS) is 15.2. The van der Waals surface area contributed by atoms with Crippen molar-refractivity contribution >= 4 is 5.57 Å². The van der Waals surface area contributed by atoms with Crippen LogP contribution in [0, 0.1) is 6.92 Å². The van der Waals surface area contributed by atoms with E-state index in [4.69, 9.17) is 4.42 Å². The summed E-state index contributed by atoms with van der Waals surface area (Å²) in [4.78, 5) is 6.11. The maximum Gasteiger partial charge on any atom is 0.191 e. The van der Waals surface area contributed by atoms with Crippen LogP contribution in [0.3, 0.4) is 0 Å². The summed E-state index contributed by atoms with van der Waals surface area (Å²) in [5.41, 5.74) is 5.01. The van der Waals surface area contributed by atoms with Crippen molar-refractivity contribution in [1.82, 2.24) is 4.98 Å². The summed E-state index contributed by atoms with van der Waals surface area (Å²) in [6.07, 6.45) is 5.34. The van der Waals surface area contributed by atoms with Crippen LogP contribution in [0.5, 0.6) is 0 Å². The molecule has 1 N–H and O–H groups in total. The first kappa shape index (κ1) is 16.8. The lowest BCUT2D eigenvalue weighted by atomic mass is 9.97. The van der Waals surface area contributed by atoms with Gasteiger partial charge in [-0.2, -0.15) is 0 Å². The number of halogens is 1. The van der Waals surface area contributed by atoms with Gasteiger partial charge < -0.3 is 21.7 Å². The number of fused-ring (bicyclic) bond motifs is 2. The van der Waals surface area contributed by atoms with E-state index in [9.17, 15) is 0 Å². The molecule has 3 nitrogen and oxygen atoms in total. The van der Waals surface area contributed by atoms with E-state index in [2.05, 4.69) is 49.4 Å². The minimum Gasteiger partial charge on any atom is -1.00 e. The molecule has 118 valence electrons. The highest BCUT2D eigenvalue weighted by Crippen LogP contribution is 2.33. The van der Waals surface area contributed by atoms with Crippen molar-refractivity contribution in [2.75, 3.05) is 20.6 Å². The van der Waals surface area contributed by atoms with Crippen molar-refractivity contribution in [2.24, 2.45) is 0 Å². The van der Waals surface area contributed by atoms with Crippen molar-refractivity contribution in [2.45, 2.75) is 26.2 Å². The molecule has 1 aliphatic carbocycles. The number of hydrogen-bond donors (Lipinski definition) is 1. The molecule has 0 radical (unpaired) electrons. The van der Waals surface area contributed by atoms with Crippen LogP contribution in [-0.2, 0) is 12.8 Å². The van der Waals surface area contributed by atoms with E-state index in [1.807, 2.05) is 6.92 Å². The minimum absolute atomic E-state index is 0. The lowest BCUT2D eigenvalue weighted by Crippen LogP contribution is -3.05. The number of aromatic nitrogens is 1. The molecule has 0 amide bonds. The van der Waals surface area contributed by atoms with Gasteiger partial charge in [-0.3, -0.25) is 0 Å². The van der Waals surface area contributed by atoms with Crippen LogP contribution in [0.1, 0.15) is 34.9 Å². The molecule has 0 aliphatic heterocycles. The van der Waals surface area contributed by atoms with Gasteiger partial charge in [-0.1, -0.05) is 30.3 Å². The predicted molar refractivity (Wildman–Crippen MR) is 84.5 cm³/mol. The molecule has 0 unspecified atom stereocenters. The summed E-state index contributed by atoms with van der Waals surface area (Å²) >= 11 is 0. The summed E-state index contributed by atoms with van der Waals surface area (Å²) in [6, 6.07) is 8.66. The molecular formula is C18H23ClN2O. The Morgan fingerprint density at radius 1 is 1.23 bits per heavy atom. The molecule has 0 spiro atoms. The molecule has 22 heavy (non-hydrogen) atoms. The van der Waals surface area contributed by atoms with Gasteiger partial charge in [-0.15, -0.1) is 0 Å². The van der Waals surface area contributed by atoms with Gasteiger partial charge in [0.1, 0.15) is 11.5 Å². The van der Waals surface area contributed by atoms with E-state index in [0.717, 1.165) is 43.2 Å². The highest BCUT2D eigenvalue weighted by Gasteiger charge is 2.22. The van der Waals surface area contributed by atoms with Crippen molar-refractivity contribution in [3.8, 4) is 0 Å². The average Bonchev–Trinajstić information content (AvgIpc) is 2.76. The predicted octanol–water partition coefficient (Wildman–Crippen LogP) is -0.948. The Hall–Kier alpha value is -1.58. The zero-order valence-corrected chi connectivity index (χ0v) is 14.2. The Morgan fingerprint density at radius 3 is 2.77 bits per heavy atom. The summed E-state index contributed by atoms with van der Waals surface area (Å²) in [7, 11) is 4.37. The van der Waals surface area contributed by atoms with Gasteiger partial charge in [0.15, 0.2) is 5.89 Å². The first-order valence-electron chi connectivity index (χ1n) is 7.69. The SMILES string of the molecule is Cc1nc2c(o1)CCc1ccccc1/C2=C\CC[NH+](C)C.[Cl-]. The topological polar surface area (TPSA) is 30.5 Å². The average molecular weight is 319 g/mol. The van der Waals surface area contributed by atoms with Gasteiger partial charge in [0.2, 0.25) is 0 Å². The Balaban J connectivity index is 0.00000176. The Morgan fingerprint density at radius 2 is 2.00 bits per heavy atom. The number of quaternary nitrogens is 1. The maximum atomic E-state index is 5.82. The van der Waals surface area contributed by atoms with Gasteiger partial charge in [0.25, 0.3) is 0 Å². The third-order valence-corrected chi connectivity index (χ3v) is 3.98. The molecule has 3 rings (SSSR count). The van der Waals surface area contributed by atoms with Crippen LogP contribution in [-0.4, -0.2) is 25.6 Å². The van der Waals surface area contributed by atoms with Gasteiger partial charge in [0, 0.05) is 25.3 Å². The smallest absolute Gasteiger partial charge is 0.191 e. The van der Waals surface area contributed by atoms with Crippen LogP contribution in [0.25, 0.3) is 5.57 Å². The van der Waals surface area contributed by atoms with Crippen molar-refractivity contribution in [1.29, 1.82) is 0 Å². The van der Waals surface area contributed by atoms with Gasteiger partial charge in [-0.05, 0) is 17.5 Å². The van der Waals surface area contributed by atoms with E-state index in [-0.39, 0.29) is 12.4 Å². The third kappa shape index (κ3) is 3.42. The molecule has 0 saturated heterocycles. The second-order valence-corrected chi connectivity index (χ2v) is 6.03. The summed E-state index contributed by atoms with van der Waals surface area (Å²) < 4.78 is 5.82. The highest BCUT2D eigenvalue weighted by molar-refractivity contribution is 5.81. The molecule has 1 heterocycles. The lowest BCUT2D eigenvalue weighted by Gasteiger charge is -2.09. The van der Waals surface area contributed by atoms with E-state index >= 15 is 0 Å². The quantitative estimate of drug-likeness (QED) is 0.791. The first-order valence-corrected chi connectivity index (χ1v) is 7.69. The molecule has 1 aromatic carbocycles. The monoisotopic (exact) mass is 318 g/mol. The van der Waals surface area contributed by atoms with E-state index < -0.39 is 0 Å². The Bertz CT molecular complexity index is 673. The van der Waals surface area contributed by atoms with Gasteiger partial charge >= 0.3 is 0 Å². The number of benzene rings is 1.